The summed E-state index contributed by atoms with van der Waals surface area (Å²) in [6, 6.07) is 19.1. The number of hydrazone groups is 1. The van der Waals surface area contributed by atoms with E-state index in [1.54, 1.807) is 25.5 Å². The average Bonchev–Trinajstić information content (AvgIpc) is 3.48. The van der Waals surface area contributed by atoms with Crippen LogP contribution in [-0.2, 0) is 17.8 Å². The molecule has 1 saturated heterocycles. The number of carbonyl (C=O) groups excluding carboxylic acids is 1. The highest BCUT2D eigenvalue weighted by Crippen LogP contribution is 2.45. The second kappa shape index (κ2) is 14.2. The maximum Gasteiger partial charge on any atom is 0.277 e. The van der Waals surface area contributed by atoms with Crippen LogP contribution >= 0.6 is 35.1 Å². The Bertz CT molecular complexity index is 1260. The fourth-order valence-electron chi connectivity index (χ4n) is 3.75. The first-order valence-corrected chi connectivity index (χ1v) is 14.5. The van der Waals surface area contributed by atoms with Gasteiger partial charge in [-0.3, -0.25) is 4.79 Å². The van der Waals surface area contributed by atoms with Crippen LogP contribution in [-0.4, -0.2) is 37.3 Å². The van der Waals surface area contributed by atoms with Crippen molar-refractivity contribution in [1.82, 2.24) is 5.43 Å². The summed E-state index contributed by atoms with van der Waals surface area (Å²) in [5.41, 5.74) is 6.40. The van der Waals surface area contributed by atoms with Crippen LogP contribution in [0.1, 0.15) is 26.8 Å². The summed E-state index contributed by atoms with van der Waals surface area (Å²) in [6.07, 6.45) is 3.93. The van der Waals surface area contributed by atoms with E-state index in [1.165, 1.54) is 17.1 Å². The molecule has 0 aromatic heterocycles. The van der Waals surface area contributed by atoms with E-state index in [4.69, 9.17) is 25.8 Å². The zero-order chi connectivity index (χ0) is 26.7. The molecule has 1 fully saturated rings. The van der Waals surface area contributed by atoms with Gasteiger partial charge in [-0.1, -0.05) is 41.9 Å². The lowest BCUT2D eigenvalue weighted by molar-refractivity contribution is -0.123. The van der Waals surface area contributed by atoms with Gasteiger partial charge in [0.25, 0.3) is 5.91 Å². The van der Waals surface area contributed by atoms with Crippen LogP contribution in [0.15, 0.2) is 78.4 Å². The van der Waals surface area contributed by atoms with E-state index in [1.807, 2.05) is 66.0 Å². The lowest BCUT2D eigenvalue weighted by Crippen LogP contribution is -2.24. The topological polar surface area (TPSA) is 69.2 Å². The van der Waals surface area contributed by atoms with Crippen LogP contribution in [0.3, 0.4) is 0 Å². The van der Waals surface area contributed by atoms with Gasteiger partial charge in [0.15, 0.2) is 18.1 Å². The van der Waals surface area contributed by atoms with Crippen molar-refractivity contribution in [2.75, 3.05) is 25.2 Å². The minimum Gasteiger partial charge on any atom is -0.493 e. The molecule has 0 aliphatic carbocycles. The number of amides is 1. The fourth-order valence-corrected chi connectivity index (χ4v) is 6.73. The predicted octanol–water partition coefficient (Wildman–Crippen LogP) is 6.66. The number of allylic oxidation sites excluding steroid dienone is 1. The van der Waals surface area contributed by atoms with Crippen molar-refractivity contribution >= 4 is 47.2 Å². The van der Waals surface area contributed by atoms with E-state index in [-0.39, 0.29) is 12.5 Å². The van der Waals surface area contributed by atoms with Crippen molar-refractivity contribution in [3.63, 3.8) is 0 Å². The first-order chi connectivity index (χ1) is 18.6. The zero-order valence-corrected chi connectivity index (χ0v) is 23.4. The van der Waals surface area contributed by atoms with Crippen LogP contribution in [0, 0.1) is 0 Å². The third-order valence-electron chi connectivity index (χ3n) is 5.58. The molecule has 3 aromatic rings. The minimum atomic E-state index is -0.353. The molecule has 0 saturated carbocycles. The highest BCUT2D eigenvalue weighted by Gasteiger charge is 2.18. The van der Waals surface area contributed by atoms with E-state index >= 15 is 0 Å². The van der Waals surface area contributed by atoms with Crippen LogP contribution in [0.25, 0.3) is 0 Å². The van der Waals surface area contributed by atoms with Crippen LogP contribution in [0.2, 0.25) is 5.02 Å². The number of rotatable bonds is 12. The summed E-state index contributed by atoms with van der Waals surface area (Å²) in [7, 11) is 1.58. The number of methoxy groups -OCH3 is 1. The van der Waals surface area contributed by atoms with Crippen LogP contribution in [0.5, 0.6) is 17.2 Å². The van der Waals surface area contributed by atoms with Gasteiger partial charge in [0.1, 0.15) is 12.4 Å². The van der Waals surface area contributed by atoms with E-state index in [0.717, 1.165) is 16.7 Å². The molecule has 1 aliphatic heterocycles. The molecule has 1 heterocycles. The lowest BCUT2D eigenvalue weighted by Gasteiger charge is -2.16. The summed E-state index contributed by atoms with van der Waals surface area (Å²) < 4.78 is 17.8. The second-order valence-corrected chi connectivity index (χ2v) is 11.5. The lowest BCUT2D eigenvalue weighted by atomic mass is 10.1. The molecular formula is C29H29ClN2O4S2. The third kappa shape index (κ3) is 7.96. The van der Waals surface area contributed by atoms with Gasteiger partial charge in [0.05, 0.1) is 17.9 Å². The Labute approximate surface area is 236 Å². The number of thioether (sulfide) groups is 2. The second-order valence-electron chi connectivity index (χ2n) is 8.34. The fraction of sp³-hybridized carbons (Fsp3) is 0.241. The quantitative estimate of drug-likeness (QED) is 0.150. The Hall–Kier alpha value is -3.07. The van der Waals surface area contributed by atoms with E-state index in [9.17, 15) is 4.79 Å². The number of halogens is 1. The molecule has 3 aromatic carbocycles. The van der Waals surface area contributed by atoms with Crippen molar-refractivity contribution in [2.45, 2.75) is 17.6 Å². The number of hydrogen-bond donors (Lipinski definition) is 1. The molecule has 0 bridgehead atoms. The van der Waals surface area contributed by atoms with Gasteiger partial charge in [-0.25, -0.2) is 5.43 Å². The molecule has 6 nitrogen and oxygen atoms in total. The Morgan fingerprint density at radius 2 is 1.84 bits per heavy atom. The molecule has 1 aliphatic rings. The van der Waals surface area contributed by atoms with Crippen molar-refractivity contribution in [2.24, 2.45) is 5.10 Å². The number of nitrogens with zero attached hydrogens (tertiary/aromatic N) is 1. The molecule has 0 atom stereocenters. The number of carbonyl (C=O) groups is 1. The molecule has 0 spiro atoms. The van der Waals surface area contributed by atoms with Gasteiger partial charge in [-0.15, -0.1) is 30.1 Å². The van der Waals surface area contributed by atoms with E-state index < -0.39 is 0 Å². The van der Waals surface area contributed by atoms with Crippen molar-refractivity contribution in [1.29, 1.82) is 0 Å². The molecule has 4 rings (SSSR count). The molecule has 9 heteroatoms. The van der Waals surface area contributed by atoms with Gasteiger partial charge in [0, 0.05) is 22.1 Å². The smallest absolute Gasteiger partial charge is 0.277 e. The molecule has 0 radical (unpaired) electrons. The SMILES string of the molecule is C=CCc1cc(/C=N\NC(=O)COc2ccc(C3SCCS3)cc2)cc(OC)c1OCc1ccc(Cl)cc1. The number of ether oxygens (including phenoxy) is 3. The van der Waals surface area contributed by atoms with Gasteiger partial charge in [-0.2, -0.15) is 5.10 Å². The molecule has 1 amide bonds. The van der Waals surface area contributed by atoms with Crippen LogP contribution in [0.4, 0.5) is 0 Å². The summed E-state index contributed by atoms with van der Waals surface area (Å²) in [6.45, 7) is 4.08. The van der Waals surface area contributed by atoms with Gasteiger partial charge in [-0.05, 0) is 59.5 Å². The van der Waals surface area contributed by atoms with E-state index in [0.29, 0.717) is 39.9 Å². The molecule has 1 N–H and O–H groups in total. The first kappa shape index (κ1) is 28.0. The Morgan fingerprint density at radius 1 is 1.11 bits per heavy atom. The van der Waals surface area contributed by atoms with Crippen molar-refractivity contribution in [3.05, 3.63) is 101 Å². The number of benzene rings is 3. The molecular weight excluding hydrogens is 540 g/mol. The Kier molecular flexibility index (Phi) is 10.4. The predicted molar refractivity (Wildman–Crippen MR) is 158 cm³/mol. The van der Waals surface area contributed by atoms with Gasteiger partial charge < -0.3 is 14.2 Å². The van der Waals surface area contributed by atoms with Gasteiger partial charge in [0.2, 0.25) is 0 Å². The molecule has 38 heavy (non-hydrogen) atoms. The normalized spacial score (nSPS) is 13.4. The van der Waals surface area contributed by atoms with E-state index in [2.05, 4.69) is 29.2 Å². The van der Waals surface area contributed by atoms with Crippen LogP contribution < -0.4 is 19.6 Å². The summed E-state index contributed by atoms with van der Waals surface area (Å²) in [5, 5.41) is 4.76. The maximum absolute atomic E-state index is 12.2. The Morgan fingerprint density at radius 3 is 2.53 bits per heavy atom. The molecule has 0 unspecified atom stereocenters. The highest BCUT2D eigenvalue weighted by molar-refractivity contribution is 8.19. The largest absolute Gasteiger partial charge is 0.493 e. The van der Waals surface area contributed by atoms with Gasteiger partial charge >= 0.3 is 0 Å². The maximum atomic E-state index is 12.2. The number of hydrogen-bond acceptors (Lipinski definition) is 7. The molecule has 198 valence electrons. The summed E-state index contributed by atoms with van der Waals surface area (Å²) in [5.74, 6) is 3.85. The summed E-state index contributed by atoms with van der Waals surface area (Å²) in [4.78, 5) is 12.2. The number of nitrogens with one attached hydrogen (secondary N) is 1. The van der Waals surface area contributed by atoms with Crippen molar-refractivity contribution in [3.8, 4) is 17.2 Å². The first-order valence-electron chi connectivity index (χ1n) is 12.0. The zero-order valence-electron chi connectivity index (χ0n) is 21.0. The summed E-state index contributed by atoms with van der Waals surface area (Å²) >= 11 is 9.88. The minimum absolute atomic E-state index is 0.133. The third-order valence-corrected chi connectivity index (χ3v) is 8.94. The highest BCUT2D eigenvalue weighted by atomic mass is 35.5. The standard InChI is InChI=1S/C29H29ClN2O4S2/c1-3-4-23-15-21(16-26(34-2)28(23)36-18-20-5-9-24(30)10-6-20)17-31-32-27(33)19-35-25-11-7-22(8-12-25)29-37-13-14-38-29/h3,5-12,15-17,29H,1,4,13-14,18-19H2,2H3,(H,32,33)/b31-17-. The Balaban J connectivity index is 1.33. The average molecular weight is 569 g/mol. The van der Waals surface area contributed by atoms with Crippen molar-refractivity contribution < 1.29 is 19.0 Å². The monoisotopic (exact) mass is 568 g/mol.